The number of esters is 1. The van der Waals surface area contributed by atoms with Crippen LogP contribution in [-0.2, 0) is 25.7 Å². The van der Waals surface area contributed by atoms with Gasteiger partial charge in [-0.05, 0) is 17.7 Å². The monoisotopic (exact) mass is 320 g/mol. The first-order chi connectivity index (χ1) is 11.0. The van der Waals surface area contributed by atoms with Gasteiger partial charge in [-0.25, -0.2) is 0 Å². The molecule has 1 saturated heterocycles. The van der Waals surface area contributed by atoms with Crippen LogP contribution in [0.1, 0.15) is 12.0 Å². The molecule has 7 nitrogen and oxygen atoms in total. The maximum absolute atomic E-state index is 12.0. The quantitative estimate of drug-likeness (QED) is 0.764. The maximum atomic E-state index is 12.0. The van der Waals surface area contributed by atoms with Gasteiger partial charge in [0.05, 0.1) is 20.1 Å². The van der Waals surface area contributed by atoms with Gasteiger partial charge in [0.2, 0.25) is 11.8 Å². The fourth-order valence-electron chi connectivity index (χ4n) is 2.43. The first-order valence-corrected chi connectivity index (χ1v) is 7.28. The van der Waals surface area contributed by atoms with Crippen molar-refractivity contribution >= 4 is 17.8 Å². The average molecular weight is 320 g/mol. The van der Waals surface area contributed by atoms with Gasteiger partial charge in [-0.3, -0.25) is 14.4 Å². The molecule has 0 saturated carbocycles. The Morgan fingerprint density at radius 3 is 2.57 bits per heavy atom. The van der Waals surface area contributed by atoms with Gasteiger partial charge in [-0.2, -0.15) is 0 Å². The van der Waals surface area contributed by atoms with E-state index in [2.05, 4.69) is 10.1 Å². The minimum atomic E-state index is -0.516. The number of nitrogens with one attached hydrogen (secondary N) is 1. The van der Waals surface area contributed by atoms with Crippen molar-refractivity contribution in [2.24, 2.45) is 5.92 Å². The van der Waals surface area contributed by atoms with E-state index in [0.717, 1.165) is 11.3 Å². The Balaban J connectivity index is 1.88. The summed E-state index contributed by atoms with van der Waals surface area (Å²) in [6.07, 6.45) is 0.156. The van der Waals surface area contributed by atoms with Crippen LogP contribution in [0.2, 0.25) is 0 Å². The van der Waals surface area contributed by atoms with Gasteiger partial charge >= 0.3 is 5.97 Å². The molecule has 2 amide bonds. The van der Waals surface area contributed by atoms with Crippen LogP contribution in [0.4, 0.5) is 0 Å². The van der Waals surface area contributed by atoms with E-state index < -0.39 is 11.9 Å². The minimum absolute atomic E-state index is 0.0703. The van der Waals surface area contributed by atoms with E-state index in [1.165, 1.54) is 7.11 Å². The second-order valence-corrected chi connectivity index (χ2v) is 5.32. The third kappa shape index (κ3) is 4.45. The number of hydrogen-bond acceptors (Lipinski definition) is 5. The van der Waals surface area contributed by atoms with Crippen molar-refractivity contribution in [2.75, 3.05) is 27.3 Å². The SMILES string of the molecule is COC(=O)CNC(=O)[C@@H]1CC(=O)N(Cc2ccc(OC)cc2)C1. The van der Waals surface area contributed by atoms with Crippen LogP contribution in [-0.4, -0.2) is 50.0 Å². The molecule has 0 aromatic heterocycles. The zero-order valence-corrected chi connectivity index (χ0v) is 13.2. The zero-order valence-electron chi connectivity index (χ0n) is 13.2. The summed E-state index contributed by atoms with van der Waals surface area (Å²) in [6, 6.07) is 7.43. The first kappa shape index (κ1) is 16.8. The van der Waals surface area contributed by atoms with E-state index in [0.29, 0.717) is 13.1 Å². The Kier molecular flexibility index (Phi) is 5.56. The fraction of sp³-hybridized carbons (Fsp3) is 0.438. The summed E-state index contributed by atoms with van der Waals surface area (Å²) in [5.41, 5.74) is 0.967. The molecule has 23 heavy (non-hydrogen) atoms. The number of amides is 2. The summed E-state index contributed by atoms with van der Waals surface area (Å²) in [5, 5.41) is 2.49. The Morgan fingerprint density at radius 1 is 1.26 bits per heavy atom. The number of rotatable bonds is 6. The lowest BCUT2D eigenvalue weighted by Crippen LogP contribution is -2.36. The molecule has 1 aromatic rings. The van der Waals surface area contributed by atoms with Gasteiger partial charge in [0.25, 0.3) is 0 Å². The van der Waals surface area contributed by atoms with E-state index in [1.54, 1.807) is 12.0 Å². The van der Waals surface area contributed by atoms with E-state index in [1.807, 2.05) is 24.3 Å². The smallest absolute Gasteiger partial charge is 0.325 e. The number of nitrogens with zero attached hydrogens (tertiary/aromatic N) is 1. The number of methoxy groups -OCH3 is 2. The molecular formula is C16H20N2O5. The number of likely N-dealkylation sites (tertiary alicyclic amines) is 1. The molecule has 1 aliphatic rings. The summed E-state index contributed by atoms with van der Waals surface area (Å²) < 4.78 is 9.56. The van der Waals surface area contributed by atoms with E-state index in [-0.39, 0.29) is 24.8 Å². The molecule has 0 bridgehead atoms. The van der Waals surface area contributed by atoms with Crippen LogP contribution >= 0.6 is 0 Å². The number of benzene rings is 1. The first-order valence-electron chi connectivity index (χ1n) is 7.28. The second kappa shape index (κ2) is 7.62. The highest BCUT2D eigenvalue weighted by molar-refractivity contribution is 5.90. The Bertz CT molecular complexity index is 585. The standard InChI is InChI=1S/C16H20N2O5/c1-22-13-5-3-11(4-6-13)9-18-10-12(7-14(18)19)16(21)17-8-15(20)23-2/h3-6,12H,7-10H2,1-2H3,(H,17,21)/t12-/m1/s1. The van der Waals surface area contributed by atoms with Crippen molar-refractivity contribution < 1.29 is 23.9 Å². The van der Waals surface area contributed by atoms with E-state index >= 15 is 0 Å². The molecule has 1 N–H and O–H groups in total. The lowest BCUT2D eigenvalue weighted by Gasteiger charge is -2.16. The number of ether oxygens (including phenoxy) is 2. The van der Waals surface area contributed by atoms with Crippen LogP contribution in [0.3, 0.4) is 0 Å². The normalized spacial score (nSPS) is 17.0. The van der Waals surface area contributed by atoms with Gasteiger partial charge in [0, 0.05) is 19.5 Å². The Labute approximate surface area is 134 Å². The molecule has 1 heterocycles. The van der Waals surface area contributed by atoms with Crippen molar-refractivity contribution in [1.29, 1.82) is 0 Å². The summed E-state index contributed by atoms with van der Waals surface area (Å²) in [5.74, 6) is -0.579. The maximum Gasteiger partial charge on any atom is 0.325 e. The van der Waals surface area contributed by atoms with Gasteiger partial charge in [0.1, 0.15) is 12.3 Å². The van der Waals surface area contributed by atoms with Gasteiger partial charge in [-0.15, -0.1) is 0 Å². The van der Waals surface area contributed by atoms with Gasteiger partial charge < -0.3 is 19.7 Å². The summed E-state index contributed by atoms with van der Waals surface area (Å²) in [6.45, 7) is 0.611. The lowest BCUT2D eigenvalue weighted by atomic mass is 10.1. The predicted octanol–water partition coefficient (Wildman–Crippen LogP) is 0.333. The molecule has 124 valence electrons. The minimum Gasteiger partial charge on any atom is -0.497 e. The van der Waals surface area contributed by atoms with E-state index in [9.17, 15) is 14.4 Å². The largest absolute Gasteiger partial charge is 0.497 e. The number of carbonyl (C=O) groups is 3. The van der Waals surface area contributed by atoms with Crippen LogP contribution in [0.5, 0.6) is 5.75 Å². The molecule has 1 atom stereocenters. The lowest BCUT2D eigenvalue weighted by molar-refractivity contribution is -0.141. The van der Waals surface area contributed by atoms with E-state index in [4.69, 9.17) is 4.74 Å². The number of hydrogen-bond donors (Lipinski definition) is 1. The van der Waals surface area contributed by atoms with Crippen molar-refractivity contribution in [3.63, 3.8) is 0 Å². The molecule has 0 radical (unpaired) electrons. The summed E-state index contributed by atoms with van der Waals surface area (Å²) >= 11 is 0. The molecule has 0 spiro atoms. The van der Waals surface area contributed by atoms with Crippen LogP contribution in [0, 0.1) is 5.92 Å². The third-order valence-electron chi connectivity index (χ3n) is 3.75. The highest BCUT2D eigenvalue weighted by Gasteiger charge is 2.34. The van der Waals surface area contributed by atoms with Gasteiger partial charge in [-0.1, -0.05) is 12.1 Å². The van der Waals surface area contributed by atoms with Crippen molar-refractivity contribution in [3.05, 3.63) is 29.8 Å². The topological polar surface area (TPSA) is 84.9 Å². The van der Waals surface area contributed by atoms with Crippen molar-refractivity contribution in [3.8, 4) is 5.75 Å². The molecule has 7 heteroatoms. The molecule has 0 unspecified atom stereocenters. The Hall–Kier alpha value is -2.57. The van der Waals surface area contributed by atoms with Crippen LogP contribution in [0.25, 0.3) is 0 Å². The highest BCUT2D eigenvalue weighted by atomic mass is 16.5. The molecule has 2 rings (SSSR count). The zero-order chi connectivity index (χ0) is 16.8. The number of carbonyl (C=O) groups excluding carboxylic acids is 3. The summed E-state index contributed by atoms with van der Waals surface area (Å²) in [4.78, 5) is 36.7. The molecule has 1 aliphatic heterocycles. The predicted molar refractivity (Wildman–Crippen MR) is 81.5 cm³/mol. The van der Waals surface area contributed by atoms with Crippen molar-refractivity contribution in [2.45, 2.75) is 13.0 Å². The third-order valence-corrected chi connectivity index (χ3v) is 3.75. The van der Waals surface area contributed by atoms with Gasteiger partial charge in [0.15, 0.2) is 0 Å². The fourth-order valence-corrected chi connectivity index (χ4v) is 2.43. The highest BCUT2D eigenvalue weighted by Crippen LogP contribution is 2.21. The molecule has 1 aromatic carbocycles. The molecule has 0 aliphatic carbocycles. The average Bonchev–Trinajstić information content (AvgIpc) is 2.93. The Morgan fingerprint density at radius 2 is 1.96 bits per heavy atom. The molecular weight excluding hydrogens is 300 g/mol. The van der Waals surface area contributed by atoms with Crippen LogP contribution < -0.4 is 10.1 Å². The van der Waals surface area contributed by atoms with Crippen molar-refractivity contribution in [1.82, 2.24) is 10.2 Å². The summed E-state index contributed by atoms with van der Waals surface area (Å²) in [7, 11) is 2.85. The second-order valence-electron chi connectivity index (χ2n) is 5.32. The van der Waals surface area contributed by atoms with Crippen LogP contribution in [0.15, 0.2) is 24.3 Å². The molecule has 1 fully saturated rings.